The van der Waals surface area contributed by atoms with E-state index >= 15 is 0 Å². The summed E-state index contributed by atoms with van der Waals surface area (Å²) in [4.78, 5) is 0. The van der Waals surface area contributed by atoms with Gasteiger partial charge in [0.2, 0.25) is 5.67 Å². The Morgan fingerprint density at radius 3 is 2.20 bits per heavy atom. The Balaban J connectivity index is 3.09. The Bertz CT molecular complexity index is 335. The minimum Gasteiger partial charge on any atom is -0.367 e. The van der Waals surface area contributed by atoms with Gasteiger partial charge >= 0.3 is 0 Å². The minimum absolute atomic E-state index is 0.171. The van der Waals surface area contributed by atoms with E-state index in [9.17, 15) is 27.1 Å². The van der Waals surface area contributed by atoms with Crippen LogP contribution in [0.2, 0.25) is 0 Å². The molecule has 1 rings (SSSR count). The molecule has 4 unspecified atom stereocenters. The number of alkyl halides is 5. The molecule has 1 N–H and O–H groups in total. The molecule has 0 aromatic heterocycles. The lowest BCUT2D eigenvalue weighted by Gasteiger charge is -2.49. The summed E-state index contributed by atoms with van der Waals surface area (Å²) in [6.45, 7) is 1.03. The van der Waals surface area contributed by atoms with Crippen molar-refractivity contribution in [3.8, 4) is 0 Å². The molecule has 1 aliphatic carbocycles. The van der Waals surface area contributed by atoms with Crippen molar-refractivity contribution >= 4 is 0 Å². The fraction of sp³-hybridized carbons (Fsp3) is 1.00. The molecule has 1 fully saturated rings. The molecule has 0 radical (unpaired) electrons. The molecular weight excluding hydrogens is 287 g/mol. The highest BCUT2D eigenvalue weighted by Crippen LogP contribution is 2.58. The maximum Gasteiger partial charge on any atom is 0.294 e. The van der Waals surface area contributed by atoms with Gasteiger partial charge < -0.3 is 14.6 Å². The predicted molar refractivity (Wildman–Crippen MR) is 60.3 cm³/mol. The van der Waals surface area contributed by atoms with Crippen molar-refractivity contribution in [2.24, 2.45) is 11.8 Å². The van der Waals surface area contributed by atoms with E-state index in [4.69, 9.17) is 0 Å². The highest BCUT2D eigenvalue weighted by atomic mass is 19.3. The van der Waals surface area contributed by atoms with Gasteiger partial charge in [0, 0.05) is 13.0 Å². The van der Waals surface area contributed by atoms with Crippen molar-refractivity contribution in [3.05, 3.63) is 0 Å². The number of hydrogen-bond acceptors (Lipinski definition) is 3. The van der Waals surface area contributed by atoms with E-state index in [1.54, 1.807) is 0 Å². The van der Waals surface area contributed by atoms with Crippen LogP contribution in [0.15, 0.2) is 0 Å². The van der Waals surface area contributed by atoms with Gasteiger partial charge in [0.15, 0.2) is 6.29 Å². The van der Waals surface area contributed by atoms with E-state index in [0.717, 1.165) is 0 Å². The van der Waals surface area contributed by atoms with Gasteiger partial charge in [0.25, 0.3) is 11.8 Å². The van der Waals surface area contributed by atoms with Crippen molar-refractivity contribution in [1.29, 1.82) is 0 Å². The van der Waals surface area contributed by atoms with Crippen LogP contribution in [0.25, 0.3) is 0 Å². The smallest absolute Gasteiger partial charge is 0.294 e. The average molecular weight is 306 g/mol. The third-order valence-corrected chi connectivity index (χ3v) is 3.96. The van der Waals surface area contributed by atoms with E-state index in [0.29, 0.717) is 0 Å². The number of aliphatic hydroxyl groups is 1. The van der Waals surface area contributed by atoms with Gasteiger partial charge in [-0.15, -0.1) is 0 Å². The fourth-order valence-corrected chi connectivity index (χ4v) is 2.53. The molecule has 8 heteroatoms. The van der Waals surface area contributed by atoms with E-state index in [1.807, 2.05) is 0 Å². The van der Waals surface area contributed by atoms with Crippen molar-refractivity contribution in [3.63, 3.8) is 0 Å². The van der Waals surface area contributed by atoms with Crippen molar-refractivity contribution in [2.45, 2.75) is 50.5 Å². The first kappa shape index (κ1) is 17.6. The first-order valence-electron chi connectivity index (χ1n) is 6.27. The van der Waals surface area contributed by atoms with E-state index < -0.39 is 48.9 Å². The van der Waals surface area contributed by atoms with Gasteiger partial charge in [0.05, 0.1) is 5.92 Å². The number of methoxy groups -OCH3 is 1. The molecule has 0 aromatic rings. The molecule has 20 heavy (non-hydrogen) atoms. The lowest BCUT2D eigenvalue weighted by atomic mass is 9.67. The summed E-state index contributed by atoms with van der Waals surface area (Å²) in [6.07, 6.45) is -3.00. The lowest BCUT2D eigenvalue weighted by molar-refractivity contribution is -0.339. The Morgan fingerprint density at radius 1 is 1.20 bits per heavy atom. The number of ether oxygens (including phenoxy) is 2. The second-order valence-electron chi connectivity index (χ2n) is 5.16. The van der Waals surface area contributed by atoms with Crippen LogP contribution in [0.5, 0.6) is 0 Å². The molecule has 0 amide bonds. The minimum atomic E-state index is -4.42. The normalized spacial score (nSPS) is 37.6. The Labute approximate surface area is 114 Å². The first-order valence-corrected chi connectivity index (χ1v) is 6.27. The van der Waals surface area contributed by atoms with Gasteiger partial charge in [-0.25, -0.2) is 22.0 Å². The Kier molecular flexibility index (Phi) is 5.04. The van der Waals surface area contributed by atoms with Gasteiger partial charge in [-0.05, 0) is 19.8 Å². The van der Waals surface area contributed by atoms with Crippen LogP contribution in [0, 0.1) is 11.8 Å². The predicted octanol–water partition coefficient (Wildman–Crippen LogP) is 2.97. The maximum absolute atomic E-state index is 14.1. The van der Waals surface area contributed by atoms with Crippen LogP contribution < -0.4 is 0 Å². The molecule has 0 bridgehead atoms. The molecule has 1 saturated carbocycles. The van der Waals surface area contributed by atoms with Gasteiger partial charge in [0.1, 0.15) is 6.79 Å². The molecule has 120 valence electrons. The van der Waals surface area contributed by atoms with E-state index in [2.05, 4.69) is 9.47 Å². The van der Waals surface area contributed by atoms with Crippen LogP contribution >= 0.6 is 0 Å². The first-order chi connectivity index (χ1) is 9.04. The average Bonchev–Trinajstić information content (AvgIpc) is 2.34. The van der Waals surface area contributed by atoms with Gasteiger partial charge in [-0.2, -0.15) is 0 Å². The van der Waals surface area contributed by atoms with Crippen LogP contribution in [0.1, 0.15) is 26.7 Å². The number of aliphatic hydroxyl groups excluding tert-OH is 1. The summed E-state index contributed by atoms with van der Waals surface area (Å²) in [5, 5.41) is 9.56. The second kappa shape index (κ2) is 5.73. The maximum atomic E-state index is 14.1. The SMILES string of the molecule is CCC1CC(C(O)OCOC)C(F)(F)C(C)(F)C1(F)F. The largest absolute Gasteiger partial charge is 0.367 e. The van der Waals surface area contributed by atoms with Crippen molar-refractivity contribution in [1.82, 2.24) is 0 Å². The van der Waals surface area contributed by atoms with Crippen LogP contribution in [-0.2, 0) is 9.47 Å². The zero-order valence-electron chi connectivity index (χ0n) is 11.5. The Hall–Kier alpha value is -0.470. The monoisotopic (exact) mass is 306 g/mol. The quantitative estimate of drug-likeness (QED) is 0.627. The fourth-order valence-electron chi connectivity index (χ4n) is 2.53. The molecule has 0 aromatic carbocycles. The van der Waals surface area contributed by atoms with Crippen LogP contribution in [0.3, 0.4) is 0 Å². The van der Waals surface area contributed by atoms with Gasteiger partial charge in [-0.1, -0.05) is 6.92 Å². The summed E-state index contributed by atoms with van der Waals surface area (Å²) in [5.41, 5.74) is -4.05. The molecule has 3 nitrogen and oxygen atoms in total. The van der Waals surface area contributed by atoms with Gasteiger partial charge in [-0.3, -0.25) is 0 Å². The molecule has 4 atom stereocenters. The van der Waals surface area contributed by atoms with Crippen molar-refractivity contribution < 1.29 is 36.5 Å². The third kappa shape index (κ3) is 2.53. The van der Waals surface area contributed by atoms with Crippen LogP contribution in [0.4, 0.5) is 22.0 Å². The number of hydrogen-bond donors (Lipinski definition) is 1. The van der Waals surface area contributed by atoms with Crippen LogP contribution in [-0.4, -0.2) is 42.8 Å². The molecular formula is C12H19F5O3. The lowest BCUT2D eigenvalue weighted by Crippen LogP contribution is -2.67. The molecule has 1 aliphatic rings. The summed E-state index contributed by atoms with van der Waals surface area (Å²) in [6, 6.07) is 0. The molecule has 0 heterocycles. The Morgan fingerprint density at radius 2 is 1.75 bits per heavy atom. The topological polar surface area (TPSA) is 38.7 Å². The number of rotatable bonds is 5. The molecule has 0 aliphatic heterocycles. The molecule has 0 spiro atoms. The van der Waals surface area contributed by atoms with Crippen molar-refractivity contribution in [2.75, 3.05) is 13.9 Å². The summed E-state index contributed by atoms with van der Waals surface area (Å²) in [7, 11) is 1.20. The summed E-state index contributed by atoms with van der Waals surface area (Å²) >= 11 is 0. The van der Waals surface area contributed by atoms with E-state index in [-0.39, 0.29) is 13.3 Å². The number of halogens is 5. The third-order valence-electron chi connectivity index (χ3n) is 3.96. The zero-order valence-corrected chi connectivity index (χ0v) is 11.5. The highest BCUT2D eigenvalue weighted by Gasteiger charge is 2.75. The second-order valence-corrected chi connectivity index (χ2v) is 5.16. The highest BCUT2D eigenvalue weighted by molar-refractivity contribution is 5.11. The molecule has 0 saturated heterocycles. The zero-order chi connectivity index (χ0) is 15.8. The summed E-state index contributed by atoms with van der Waals surface area (Å²) in [5.74, 6) is -12.3. The van der Waals surface area contributed by atoms with E-state index in [1.165, 1.54) is 14.0 Å². The standard InChI is InChI=1S/C12H19F5O3/c1-4-7-5-8(9(18)20-6-19-3)12(16,17)10(2,13)11(7,14)15/h7-9,18H,4-6H2,1-3H3. The summed E-state index contributed by atoms with van der Waals surface area (Å²) < 4.78 is 78.8.